The van der Waals surface area contributed by atoms with Crippen LogP contribution in [0.15, 0.2) is 30.6 Å². The minimum atomic E-state index is -5.63. The number of amides is 1. The van der Waals surface area contributed by atoms with Gasteiger partial charge in [0.1, 0.15) is 11.3 Å². The highest BCUT2D eigenvalue weighted by molar-refractivity contribution is 5.93. The number of aromatic nitrogens is 2. The van der Waals surface area contributed by atoms with E-state index in [9.17, 15) is 31.9 Å². The molecule has 2 aromatic heterocycles. The van der Waals surface area contributed by atoms with Crippen LogP contribution in [-0.4, -0.2) is 44.1 Å². The van der Waals surface area contributed by atoms with E-state index in [0.29, 0.717) is 5.65 Å². The van der Waals surface area contributed by atoms with Crippen molar-refractivity contribution in [3.05, 3.63) is 36.3 Å². The molecule has 27 heavy (non-hydrogen) atoms. The van der Waals surface area contributed by atoms with Crippen molar-refractivity contribution in [2.45, 2.75) is 56.9 Å². The Bertz CT molecular complexity index is 796. The highest BCUT2D eigenvalue weighted by atomic mass is 19.4. The van der Waals surface area contributed by atoms with Crippen LogP contribution in [0, 0.1) is 0 Å². The van der Waals surface area contributed by atoms with Gasteiger partial charge >= 0.3 is 12.1 Å². The smallest absolute Gasteiger partial charge is 0.388 e. The first-order valence-corrected chi connectivity index (χ1v) is 8.23. The minimum absolute atomic E-state index is 0.153. The van der Waals surface area contributed by atoms with Crippen LogP contribution in [-0.2, 0) is 0 Å². The Balaban J connectivity index is 2.08. The van der Waals surface area contributed by atoms with Crippen LogP contribution in [0.2, 0.25) is 0 Å². The van der Waals surface area contributed by atoms with E-state index in [1.165, 1.54) is 24.4 Å². The lowest BCUT2D eigenvalue weighted by Crippen LogP contribution is -2.49. The molecule has 1 amide bonds. The summed E-state index contributed by atoms with van der Waals surface area (Å²) in [7, 11) is 0. The predicted octanol–water partition coefficient (Wildman–Crippen LogP) is 3.57. The molecular formula is C17H20F5N3O2. The number of fused-ring (bicyclic) bond motifs is 1. The topological polar surface area (TPSA) is 66.6 Å². The van der Waals surface area contributed by atoms with Gasteiger partial charge in [-0.2, -0.15) is 22.0 Å². The number of hydrogen-bond acceptors (Lipinski definition) is 3. The first kappa shape index (κ1) is 21.1. The molecule has 1 atom stereocenters. The van der Waals surface area contributed by atoms with E-state index in [4.69, 9.17) is 0 Å². The average molecular weight is 393 g/mol. The highest BCUT2D eigenvalue weighted by Crippen LogP contribution is 2.39. The van der Waals surface area contributed by atoms with Gasteiger partial charge in [-0.3, -0.25) is 9.20 Å². The summed E-state index contributed by atoms with van der Waals surface area (Å²) in [4.78, 5) is 16.5. The van der Waals surface area contributed by atoms with Crippen LogP contribution < -0.4 is 5.32 Å². The van der Waals surface area contributed by atoms with Crippen molar-refractivity contribution in [2.75, 3.05) is 0 Å². The summed E-state index contributed by atoms with van der Waals surface area (Å²) >= 11 is 0. The number of aliphatic hydroxyl groups is 1. The SMILES string of the molecule is CC(C)(O)C(CCCC(F)(F)C(F)(F)F)NC(=O)c1cnc2ccccn12. The van der Waals surface area contributed by atoms with E-state index >= 15 is 0 Å². The molecule has 0 aromatic carbocycles. The van der Waals surface area contributed by atoms with Gasteiger partial charge < -0.3 is 10.4 Å². The number of carbonyl (C=O) groups excluding carboxylic acids is 1. The minimum Gasteiger partial charge on any atom is -0.388 e. The molecule has 0 aliphatic rings. The van der Waals surface area contributed by atoms with Gasteiger partial charge in [-0.1, -0.05) is 6.07 Å². The molecule has 1 unspecified atom stereocenters. The molecule has 0 radical (unpaired) electrons. The standard InChI is InChI=1S/C17H20F5N3O2/c1-15(2,27)12(6-5-8-16(18,19)17(20,21)22)24-14(26)11-10-23-13-7-3-4-9-25(11)13/h3-4,7,9-10,12,27H,5-6,8H2,1-2H3,(H,24,26). The molecule has 10 heteroatoms. The highest BCUT2D eigenvalue weighted by Gasteiger charge is 2.56. The Morgan fingerprint density at radius 1 is 1.26 bits per heavy atom. The third-order valence-electron chi connectivity index (χ3n) is 4.21. The summed E-state index contributed by atoms with van der Waals surface area (Å²) < 4.78 is 64.4. The largest absolute Gasteiger partial charge is 0.453 e. The Morgan fingerprint density at radius 2 is 1.93 bits per heavy atom. The van der Waals surface area contributed by atoms with Gasteiger partial charge in [-0.05, 0) is 38.8 Å². The molecule has 0 saturated heterocycles. The number of carbonyl (C=O) groups is 1. The van der Waals surface area contributed by atoms with Crippen LogP contribution in [0.3, 0.4) is 0 Å². The number of alkyl halides is 5. The van der Waals surface area contributed by atoms with Gasteiger partial charge in [0.05, 0.1) is 17.8 Å². The fourth-order valence-corrected chi connectivity index (χ4v) is 2.60. The van der Waals surface area contributed by atoms with E-state index in [2.05, 4.69) is 10.3 Å². The van der Waals surface area contributed by atoms with E-state index in [-0.39, 0.29) is 12.1 Å². The van der Waals surface area contributed by atoms with E-state index in [1.807, 2.05) is 0 Å². The zero-order valence-electron chi connectivity index (χ0n) is 14.7. The monoisotopic (exact) mass is 393 g/mol. The number of hydrogen-bond donors (Lipinski definition) is 2. The summed E-state index contributed by atoms with van der Waals surface area (Å²) in [6.07, 6.45) is -4.93. The van der Waals surface area contributed by atoms with Crippen LogP contribution >= 0.6 is 0 Å². The van der Waals surface area contributed by atoms with E-state index in [1.54, 1.807) is 24.4 Å². The Hall–Kier alpha value is -2.23. The fourth-order valence-electron chi connectivity index (χ4n) is 2.60. The maximum absolute atomic E-state index is 13.1. The lowest BCUT2D eigenvalue weighted by atomic mass is 9.93. The molecule has 2 heterocycles. The van der Waals surface area contributed by atoms with Crippen molar-refractivity contribution in [1.82, 2.24) is 14.7 Å². The Kier molecular flexibility index (Phi) is 5.79. The van der Waals surface area contributed by atoms with E-state index in [0.717, 1.165) is 0 Å². The molecule has 0 fully saturated rings. The van der Waals surface area contributed by atoms with Gasteiger partial charge in [0.15, 0.2) is 0 Å². The second-order valence-electron chi connectivity index (χ2n) is 6.85. The molecule has 0 bridgehead atoms. The molecule has 150 valence electrons. The van der Waals surface area contributed by atoms with Gasteiger partial charge in [0.25, 0.3) is 5.91 Å². The molecule has 0 saturated carbocycles. The van der Waals surface area contributed by atoms with Gasteiger partial charge in [0.2, 0.25) is 0 Å². The van der Waals surface area contributed by atoms with Crippen molar-refractivity contribution < 1.29 is 31.9 Å². The van der Waals surface area contributed by atoms with Crippen molar-refractivity contribution in [1.29, 1.82) is 0 Å². The zero-order valence-corrected chi connectivity index (χ0v) is 14.7. The molecule has 5 nitrogen and oxygen atoms in total. The second-order valence-corrected chi connectivity index (χ2v) is 6.85. The van der Waals surface area contributed by atoms with Crippen LogP contribution in [0.25, 0.3) is 5.65 Å². The Labute approximate surface area is 152 Å². The number of nitrogens with one attached hydrogen (secondary N) is 1. The van der Waals surface area contributed by atoms with Crippen molar-refractivity contribution in [2.24, 2.45) is 0 Å². The maximum atomic E-state index is 13.1. The third kappa shape index (κ3) is 4.94. The number of pyridine rings is 1. The average Bonchev–Trinajstić information content (AvgIpc) is 2.95. The Morgan fingerprint density at radius 3 is 2.52 bits per heavy atom. The zero-order chi connectivity index (χ0) is 20.5. The molecular weight excluding hydrogens is 373 g/mol. The first-order valence-electron chi connectivity index (χ1n) is 8.23. The lowest BCUT2D eigenvalue weighted by Gasteiger charge is -2.31. The normalized spacial score (nSPS) is 14.4. The fraction of sp³-hybridized carbons (Fsp3) is 0.529. The molecule has 0 aliphatic heterocycles. The summed E-state index contributed by atoms with van der Waals surface area (Å²) in [6, 6.07) is 4.05. The maximum Gasteiger partial charge on any atom is 0.453 e. The summed E-state index contributed by atoms with van der Waals surface area (Å²) in [6.45, 7) is 2.68. The lowest BCUT2D eigenvalue weighted by molar-refractivity contribution is -0.284. The van der Waals surface area contributed by atoms with Crippen LogP contribution in [0.4, 0.5) is 22.0 Å². The van der Waals surface area contributed by atoms with Crippen molar-refractivity contribution >= 4 is 11.6 Å². The number of imidazole rings is 1. The van der Waals surface area contributed by atoms with Crippen LogP contribution in [0.5, 0.6) is 0 Å². The quantitative estimate of drug-likeness (QED) is 0.707. The number of halogens is 5. The van der Waals surface area contributed by atoms with Gasteiger partial charge in [0, 0.05) is 12.6 Å². The summed E-state index contributed by atoms with van der Waals surface area (Å²) in [5.74, 6) is -5.44. The number of rotatable bonds is 7. The molecule has 2 rings (SSSR count). The molecule has 0 aliphatic carbocycles. The van der Waals surface area contributed by atoms with Gasteiger partial charge in [-0.25, -0.2) is 4.98 Å². The molecule has 0 spiro atoms. The summed E-state index contributed by atoms with van der Waals surface area (Å²) in [5.41, 5.74) is -0.864. The van der Waals surface area contributed by atoms with Crippen LogP contribution in [0.1, 0.15) is 43.6 Å². The van der Waals surface area contributed by atoms with Gasteiger partial charge in [-0.15, -0.1) is 0 Å². The summed E-state index contributed by atoms with van der Waals surface area (Å²) in [5, 5.41) is 12.7. The first-order chi connectivity index (χ1) is 12.3. The third-order valence-corrected chi connectivity index (χ3v) is 4.21. The predicted molar refractivity (Wildman–Crippen MR) is 87.6 cm³/mol. The molecule has 2 aromatic rings. The van der Waals surface area contributed by atoms with Crippen molar-refractivity contribution in [3.63, 3.8) is 0 Å². The number of nitrogens with zero attached hydrogens (tertiary/aromatic N) is 2. The van der Waals surface area contributed by atoms with Crippen molar-refractivity contribution in [3.8, 4) is 0 Å². The van der Waals surface area contributed by atoms with E-state index < -0.39 is 42.5 Å². The molecule has 2 N–H and O–H groups in total. The second kappa shape index (κ2) is 7.41.